The molecule has 6 heteroatoms. The van der Waals surface area contributed by atoms with E-state index in [4.69, 9.17) is 14.8 Å². The molecule has 2 atom stereocenters. The van der Waals surface area contributed by atoms with E-state index in [1.165, 1.54) is 16.7 Å². The van der Waals surface area contributed by atoms with E-state index in [1.807, 2.05) is 10.9 Å². The zero-order chi connectivity index (χ0) is 23.4. The quantitative estimate of drug-likeness (QED) is 0.350. The summed E-state index contributed by atoms with van der Waals surface area (Å²) in [4.78, 5) is 4.79. The number of fused-ring (bicyclic) bond motifs is 3. The number of hydrogen-bond donors (Lipinski definition) is 1. The molecule has 170 valence electrons. The van der Waals surface area contributed by atoms with Crippen LogP contribution in [0.15, 0.2) is 77.5 Å². The first-order chi connectivity index (χ1) is 16.5. The van der Waals surface area contributed by atoms with Crippen molar-refractivity contribution in [3.8, 4) is 5.75 Å². The molecule has 0 amide bonds. The maximum absolute atomic E-state index is 6.74. The number of ether oxygens (including phenoxy) is 1. The highest BCUT2D eigenvalue weighted by Gasteiger charge is 2.41. The van der Waals surface area contributed by atoms with Gasteiger partial charge in [-0.1, -0.05) is 83.0 Å². The van der Waals surface area contributed by atoms with E-state index >= 15 is 0 Å². The number of hydrogen-bond acceptors (Lipinski definition) is 5. The highest BCUT2D eigenvalue weighted by molar-refractivity contribution is 7.98. The number of aryl methyl sites for hydroxylation is 3. The van der Waals surface area contributed by atoms with E-state index in [2.05, 4.69) is 92.8 Å². The van der Waals surface area contributed by atoms with Gasteiger partial charge in [-0.3, -0.25) is 0 Å². The van der Waals surface area contributed by atoms with Crippen molar-refractivity contribution in [1.29, 1.82) is 0 Å². The Morgan fingerprint density at radius 3 is 2.18 bits per heavy atom. The average molecular weight is 467 g/mol. The molecule has 5 nitrogen and oxygen atoms in total. The lowest BCUT2D eigenvalue weighted by Gasteiger charge is -2.39. The number of nitrogens with zero attached hydrogens (tertiary/aromatic N) is 3. The lowest BCUT2D eigenvalue weighted by atomic mass is 9.84. The molecule has 1 N–H and O–H groups in total. The number of rotatable bonds is 3. The van der Waals surface area contributed by atoms with Gasteiger partial charge in [0.05, 0.1) is 5.70 Å². The molecule has 0 saturated carbocycles. The number of thioether (sulfide) groups is 1. The van der Waals surface area contributed by atoms with Crippen LogP contribution in [0.1, 0.15) is 45.5 Å². The normalized spacial score (nSPS) is 18.5. The van der Waals surface area contributed by atoms with Crippen LogP contribution >= 0.6 is 11.8 Å². The molecular formula is C28H26N4OS. The second-order valence-electron chi connectivity index (χ2n) is 9.04. The Labute approximate surface area is 203 Å². The summed E-state index contributed by atoms with van der Waals surface area (Å²) in [6.07, 6.45) is 1.76. The van der Waals surface area contributed by atoms with Crippen molar-refractivity contribution in [3.63, 3.8) is 0 Å². The van der Waals surface area contributed by atoms with Gasteiger partial charge in [-0.25, -0.2) is 4.68 Å². The molecule has 0 bridgehead atoms. The monoisotopic (exact) mass is 466 g/mol. The molecule has 6 rings (SSSR count). The highest BCUT2D eigenvalue weighted by Crippen LogP contribution is 2.51. The highest BCUT2D eigenvalue weighted by atomic mass is 32.2. The third-order valence-corrected chi connectivity index (χ3v) is 7.10. The van der Waals surface area contributed by atoms with Crippen LogP contribution in [0.25, 0.3) is 5.70 Å². The Morgan fingerprint density at radius 2 is 1.50 bits per heavy atom. The van der Waals surface area contributed by atoms with Gasteiger partial charge < -0.3 is 10.1 Å². The molecule has 34 heavy (non-hydrogen) atoms. The molecule has 3 heterocycles. The summed E-state index contributed by atoms with van der Waals surface area (Å²) in [7, 11) is 0. The van der Waals surface area contributed by atoms with E-state index in [0.717, 1.165) is 44.8 Å². The van der Waals surface area contributed by atoms with E-state index in [-0.39, 0.29) is 12.1 Å². The number of nitrogens with one attached hydrogen (secondary N) is 1. The predicted octanol–water partition coefficient (Wildman–Crippen LogP) is 6.49. The summed E-state index contributed by atoms with van der Waals surface area (Å²) in [6.45, 7) is 6.33. The second-order valence-corrected chi connectivity index (χ2v) is 9.82. The lowest BCUT2D eigenvalue weighted by molar-refractivity contribution is 0.223. The van der Waals surface area contributed by atoms with Gasteiger partial charge in [-0.15, -0.1) is 5.10 Å². The molecule has 0 unspecified atom stereocenters. The fraction of sp³-hybridized carbons (Fsp3) is 0.214. The average Bonchev–Trinajstić information content (AvgIpc) is 3.27. The molecule has 3 aromatic carbocycles. The van der Waals surface area contributed by atoms with Gasteiger partial charge in [0, 0.05) is 11.1 Å². The van der Waals surface area contributed by atoms with Gasteiger partial charge in [-0.2, -0.15) is 4.98 Å². The third-order valence-electron chi connectivity index (χ3n) is 6.56. The predicted molar refractivity (Wildman–Crippen MR) is 137 cm³/mol. The minimum Gasteiger partial charge on any atom is -0.480 e. The van der Waals surface area contributed by atoms with Crippen molar-refractivity contribution in [2.45, 2.75) is 38.1 Å². The molecule has 1 aromatic heterocycles. The molecule has 4 aromatic rings. The van der Waals surface area contributed by atoms with Gasteiger partial charge in [0.25, 0.3) is 0 Å². The fourth-order valence-electron chi connectivity index (χ4n) is 4.80. The zero-order valence-electron chi connectivity index (χ0n) is 19.7. The van der Waals surface area contributed by atoms with E-state index in [0.29, 0.717) is 0 Å². The van der Waals surface area contributed by atoms with Crippen LogP contribution in [0.5, 0.6) is 5.75 Å². The van der Waals surface area contributed by atoms with Crippen molar-refractivity contribution in [2.75, 3.05) is 11.6 Å². The van der Waals surface area contributed by atoms with Crippen LogP contribution in [-0.2, 0) is 0 Å². The van der Waals surface area contributed by atoms with Crippen molar-refractivity contribution >= 4 is 23.4 Å². The van der Waals surface area contributed by atoms with Gasteiger partial charge in [0.2, 0.25) is 11.1 Å². The smallest absolute Gasteiger partial charge is 0.227 e. The van der Waals surface area contributed by atoms with Gasteiger partial charge in [-0.05, 0) is 50.3 Å². The summed E-state index contributed by atoms with van der Waals surface area (Å²) in [5.74, 6) is 1.63. The maximum Gasteiger partial charge on any atom is 0.227 e. The minimum atomic E-state index is -0.250. The van der Waals surface area contributed by atoms with Crippen LogP contribution in [0, 0.1) is 20.8 Å². The maximum atomic E-state index is 6.74. The molecule has 0 spiro atoms. The van der Waals surface area contributed by atoms with Gasteiger partial charge in [0.1, 0.15) is 17.9 Å². The Balaban J connectivity index is 1.63. The molecule has 0 fully saturated rings. The summed E-state index contributed by atoms with van der Waals surface area (Å²) in [6, 6.07) is 23.6. The Bertz CT molecular complexity index is 1420. The minimum absolute atomic E-state index is 0.139. The van der Waals surface area contributed by atoms with E-state index < -0.39 is 0 Å². The fourth-order valence-corrected chi connectivity index (χ4v) is 5.14. The number of anilines is 1. The van der Waals surface area contributed by atoms with Crippen molar-refractivity contribution in [1.82, 2.24) is 14.8 Å². The van der Waals surface area contributed by atoms with E-state index in [1.54, 1.807) is 11.8 Å². The first-order valence-electron chi connectivity index (χ1n) is 11.4. The second kappa shape index (κ2) is 8.06. The van der Waals surface area contributed by atoms with Gasteiger partial charge in [0.15, 0.2) is 0 Å². The molecule has 0 radical (unpaired) electrons. The first kappa shape index (κ1) is 21.1. The molecule has 0 saturated heterocycles. The first-order valence-corrected chi connectivity index (χ1v) is 12.7. The van der Waals surface area contributed by atoms with Crippen molar-refractivity contribution < 1.29 is 4.74 Å². The van der Waals surface area contributed by atoms with Crippen LogP contribution in [0.2, 0.25) is 0 Å². The largest absolute Gasteiger partial charge is 0.480 e. The van der Waals surface area contributed by atoms with Crippen molar-refractivity contribution in [3.05, 3.63) is 106 Å². The summed E-state index contributed by atoms with van der Waals surface area (Å²) in [5, 5.41) is 9.25. The third kappa shape index (κ3) is 3.41. The molecule has 2 aliphatic rings. The Hall–Kier alpha value is -3.51. The SMILES string of the molecule is CSc1nc2n(n1)[C@@H](c1ccc(C)cc1)C1=C(N2)c2cc(C)ccc2O[C@@H]1c1ccc(C)cc1. The zero-order valence-corrected chi connectivity index (χ0v) is 20.5. The van der Waals surface area contributed by atoms with Crippen molar-refractivity contribution in [2.24, 2.45) is 0 Å². The molecule has 0 aliphatic carbocycles. The summed E-state index contributed by atoms with van der Waals surface area (Å²) < 4.78 is 8.76. The van der Waals surface area contributed by atoms with Gasteiger partial charge >= 0.3 is 0 Å². The number of aromatic nitrogens is 3. The van der Waals surface area contributed by atoms with Crippen LogP contribution < -0.4 is 10.1 Å². The number of benzene rings is 3. The Kier molecular flexibility index (Phi) is 4.99. The van der Waals surface area contributed by atoms with Crippen LogP contribution in [-0.4, -0.2) is 21.0 Å². The Morgan fingerprint density at radius 1 is 0.853 bits per heavy atom. The molecule has 2 aliphatic heterocycles. The summed E-state index contributed by atoms with van der Waals surface area (Å²) in [5.41, 5.74) is 9.21. The van der Waals surface area contributed by atoms with E-state index in [9.17, 15) is 0 Å². The standard InChI is InChI=1S/C28H26N4OS/c1-16-5-10-19(11-6-16)25-23-24(29-27-30-28(34-4)31-32(25)27)21-15-18(3)9-14-22(21)33-26(23)20-12-7-17(2)8-13-20/h5-15,25-26H,1-4H3,(H,29,30,31)/t25-,26+/m0/s1. The lowest BCUT2D eigenvalue weighted by Crippen LogP contribution is -2.32. The summed E-state index contributed by atoms with van der Waals surface area (Å²) >= 11 is 1.55. The topological polar surface area (TPSA) is 52.0 Å². The van der Waals surface area contributed by atoms with Crippen LogP contribution in [0.4, 0.5) is 5.95 Å². The van der Waals surface area contributed by atoms with Crippen LogP contribution in [0.3, 0.4) is 0 Å². The molecular weight excluding hydrogens is 440 g/mol.